The second-order valence-corrected chi connectivity index (χ2v) is 19.8. The van der Waals surface area contributed by atoms with Crippen molar-refractivity contribution in [3.05, 3.63) is 242 Å². The average molecular weight is 823 g/mol. The van der Waals surface area contributed by atoms with E-state index >= 15 is 0 Å². The van der Waals surface area contributed by atoms with Gasteiger partial charge < -0.3 is 4.57 Å². The number of aromatic nitrogens is 4. The number of fused-ring (bicyclic) bond motifs is 3. The van der Waals surface area contributed by atoms with Gasteiger partial charge in [0, 0.05) is 21.9 Å². The van der Waals surface area contributed by atoms with Crippen molar-refractivity contribution in [1.82, 2.24) is 19.5 Å². The van der Waals surface area contributed by atoms with Gasteiger partial charge in [-0.15, -0.1) is 0 Å². The third-order valence-corrected chi connectivity index (χ3v) is 17.1. The van der Waals surface area contributed by atoms with Crippen LogP contribution in [0, 0.1) is 6.92 Å². The lowest BCUT2D eigenvalue weighted by Crippen LogP contribution is -2.75. The Balaban J connectivity index is 1.30. The van der Waals surface area contributed by atoms with Gasteiger partial charge in [0.05, 0.1) is 22.3 Å². The predicted octanol–water partition coefficient (Wildman–Crippen LogP) is 11.3. The maximum absolute atomic E-state index is 5.47. The Kier molecular flexibility index (Phi) is 9.72. The van der Waals surface area contributed by atoms with Crippen LogP contribution in [0.5, 0.6) is 0 Å². The molecule has 0 aliphatic carbocycles. The quantitative estimate of drug-likeness (QED) is 0.108. The maximum atomic E-state index is 5.47. The van der Waals surface area contributed by atoms with Crippen LogP contribution in [0.25, 0.3) is 72.8 Å². The summed E-state index contributed by atoms with van der Waals surface area (Å²) in [5, 5.41) is 7.61. The Morgan fingerprint density at radius 3 is 1.41 bits per heavy atom. The molecule has 0 N–H and O–H groups in total. The first-order valence-electron chi connectivity index (χ1n) is 21.5. The monoisotopic (exact) mass is 822 g/mol. The van der Waals surface area contributed by atoms with Gasteiger partial charge in [-0.25, -0.2) is 15.0 Å². The van der Waals surface area contributed by atoms with Gasteiger partial charge in [0.1, 0.15) is 0 Å². The lowest BCUT2D eigenvalue weighted by molar-refractivity contribution is 1.06. The Labute approximate surface area is 368 Å². The molecular weight excluding hydrogens is 781 g/mol. The lowest BCUT2D eigenvalue weighted by Gasteiger charge is -2.36. The first-order valence-corrected chi connectivity index (χ1v) is 23.5. The van der Waals surface area contributed by atoms with E-state index in [1.165, 1.54) is 37.1 Å². The van der Waals surface area contributed by atoms with Gasteiger partial charge >= 0.3 is 0 Å². The molecule has 0 bridgehead atoms. The summed E-state index contributed by atoms with van der Waals surface area (Å²) in [4.78, 5) is 16.1. The Bertz CT molecular complexity index is 3230. The second-order valence-electron chi connectivity index (χ2n) is 16.0. The number of rotatable bonds is 9. The van der Waals surface area contributed by atoms with E-state index in [4.69, 9.17) is 15.0 Å². The Hall–Kier alpha value is -7.99. The van der Waals surface area contributed by atoms with Gasteiger partial charge in [0.25, 0.3) is 0 Å². The smallest absolute Gasteiger partial charge is 0.180 e. The molecule has 0 saturated heterocycles. The molecule has 63 heavy (non-hydrogen) atoms. The van der Waals surface area contributed by atoms with Crippen molar-refractivity contribution in [2.75, 3.05) is 0 Å². The van der Waals surface area contributed by atoms with Crippen LogP contribution in [0.1, 0.15) is 5.56 Å². The number of aryl methyl sites for hydroxylation is 1. The topological polar surface area (TPSA) is 43.6 Å². The summed E-state index contributed by atoms with van der Waals surface area (Å²) >= 11 is 0. The minimum atomic E-state index is -3.02. The van der Waals surface area contributed by atoms with Gasteiger partial charge in [-0.3, -0.25) is 0 Å². The summed E-state index contributed by atoms with van der Waals surface area (Å²) < 4.78 is 2.41. The summed E-state index contributed by atoms with van der Waals surface area (Å²) in [6.07, 6.45) is 0. The standard InChI is InChI=1S/C58H42N4Si/c1-41-38-39-52-50(40-41)47-32-17-19-35-51(47)62(52)53-36-21-34-49(55(53)58-60-56(42-22-7-2-8-23-42)59-57(61-58)43-24-9-3-10-25-43)48-33-18-20-37-54(48)63(44-26-11-4-12-27-44,45-28-13-5-14-29-45)46-30-15-6-16-31-46/h2-40H,1H3. The summed E-state index contributed by atoms with van der Waals surface area (Å²) in [7, 11) is -3.02. The third kappa shape index (κ3) is 6.58. The number of benzene rings is 9. The Morgan fingerprint density at radius 1 is 0.365 bits per heavy atom. The molecule has 0 saturated carbocycles. The van der Waals surface area contributed by atoms with Crippen molar-refractivity contribution >= 4 is 50.6 Å². The number of para-hydroxylation sites is 1. The van der Waals surface area contributed by atoms with Crippen molar-refractivity contribution in [1.29, 1.82) is 0 Å². The molecule has 0 unspecified atom stereocenters. The maximum Gasteiger partial charge on any atom is 0.180 e. The summed E-state index contributed by atoms with van der Waals surface area (Å²) in [5.74, 6) is 1.84. The van der Waals surface area contributed by atoms with Crippen LogP contribution in [0.4, 0.5) is 0 Å². The van der Waals surface area contributed by atoms with Gasteiger partial charge in [-0.2, -0.15) is 0 Å². The first kappa shape index (κ1) is 38.0. The molecule has 2 heterocycles. The van der Waals surface area contributed by atoms with E-state index in [0.717, 1.165) is 44.5 Å². The average Bonchev–Trinajstić information content (AvgIpc) is 3.69. The summed E-state index contributed by atoms with van der Waals surface area (Å²) in [6, 6.07) is 85.2. The van der Waals surface area contributed by atoms with Crippen LogP contribution in [0.3, 0.4) is 0 Å². The van der Waals surface area contributed by atoms with E-state index in [1.54, 1.807) is 0 Å². The molecule has 0 radical (unpaired) electrons. The van der Waals surface area contributed by atoms with E-state index in [1.807, 2.05) is 36.4 Å². The molecule has 11 rings (SSSR count). The molecule has 5 heteroatoms. The van der Waals surface area contributed by atoms with Crippen molar-refractivity contribution in [2.24, 2.45) is 0 Å². The molecule has 0 aliphatic rings. The molecule has 0 spiro atoms. The molecule has 298 valence electrons. The van der Waals surface area contributed by atoms with Crippen LogP contribution in [-0.4, -0.2) is 27.6 Å². The van der Waals surface area contributed by atoms with E-state index in [2.05, 4.69) is 212 Å². The van der Waals surface area contributed by atoms with Crippen molar-refractivity contribution < 1.29 is 0 Å². The zero-order chi connectivity index (χ0) is 42.2. The first-order chi connectivity index (χ1) is 31.2. The van der Waals surface area contributed by atoms with E-state index < -0.39 is 8.07 Å². The molecule has 0 aliphatic heterocycles. The fraction of sp³-hybridized carbons (Fsp3) is 0.0172. The van der Waals surface area contributed by atoms with Gasteiger partial charge in [0.2, 0.25) is 0 Å². The van der Waals surface area contributed by atoms with Crippen molar-refractivity contribution in [3.63, 3.8) is 0 Å². The fourth-order valence-electron chi connectivity index (χ4n) is 9.53. The third-order valence-electron chi connectivity index (χ3n) is 12.3. The highest BCUT2D eigenvalue weighted by atomic mass is 28.3. The molecule has 2 aromatic heterocycles. The second kappa shape index (κ2) is 16.1. The largest absolute Gasteiger partial charge is 0.308 e. The number of hydrogen-bond donors (Lipinski definition) is 0. The number of nitrogens with zero attached hydrogens (tertiary/aromatic N) is 4. The SMILES string of the molecule is Cc1ccc2c(c1)c1ccccc1n2-c1cccc(-c2ccccc2[Si](c2ccccc2)(c2ccccc2)c2ccccc2)c1-c1nc(-c2ccccc2)nc(-c2ccccc2)n1. The van der Waals surface area contributed by atoms with Crippen LogP contribution in [0.2, 0.25) is 0 Å². The van der Waals surface area contributed by atoms with Crippen LogP contribution >= 0.6 is 0 Å². The zero-order valence-electron chi connectivity index (χ0n) is 34.8. The minimum absolute atomic E-state index is 0.604. The minimum Gasteiger partial charge on any atom is -0.308 e. The van der Waals surface area contributed by atoms with E-state index in [-0.39, 0.29) is 0 Å². The highest BCUT2D eigenvalue weighted by molar-refractivity contribution is 7.20. The van der Waals surface area contributed by atoms with Crippen molar-refractivity contribution in [3.8, 4) is 51.0 Å². The number of hydrogen-bond acceptors (Lipinski definition) is 3. The van der Waals surface area contributed by atoms with Crippen LogP contribution in [-0.2, 0) is 0 Å². The van der Waals surface area contributed by atoms with E-state index in [9.17, 15) is 0 Å². The Morgan fingerprint density at radius 2 is 0.825 bits per heavy atom. The highest BCUT2D eigenvalue weighted by Gasteiger charge is 2.43. The lowest BCUT2D eigenvalue weighted by atomic mass is 9.96. The van der Waals surface area contributed by atoms with Crippen molar-refractivity contribution in [2.45, 2.75) is 6.92 Å². The zero-order valence-corrected chi connectivity index (χ0v) is 35.8. The predicted molar refractivity (Wildman–Crippen MR) is 264 cm³/mol. The van der Waals surface area contributed by atoms with E-state index in [0.29, 0.717) is 17.5 Å². The molecule has 11 aromatic rings. The molecule has 0 amide bonds. The highest BCUT2D eigenvalue weighted by Crippen LogP contribution is 2.41. The van der Waals surface area contributed by atoms with Gasteiger partial charge in [0.15, 0.2) is 25.5 Å². The molecular formula is C58H42N4Si. The van der Waals surface area contributed by atoms with Crippen LogP contribution < -0.4 is 20.7 Å². The molecule has 0 fully saturated rings. The molecule has 4 nitrogen and oxygen atoms in total. The van der Waals surface area contributed by atoms with Crippen LogP contribution in [0.15, 0.2) is 237 Å². The summed E-state index contributed by atoms with van der Waals surface area (Å²) in [5.41, 5.74) is 9.41. The van der Waals surface area contributed by atoms with Gasteiger partial charge in [-0.1, -0.05) is 218 Å². The molecule has 9 aromatic carbocycles. The normalized spacial score (nSPS) is 11.6. The fourth-order valence-corrected chi connectivity index (χ4v) is 14.5. The summed E-state index contributed by atoms with van der Waals surface area (Å²) in [6.45, 7) is 2.16. The van der Waals surface area contributed by atoms with Gasteiger partial charge in [-0.05, 0) is 63.1 Å². The molecule has 0 atom stereocenters.